The smallest absolute Gasteiger partial charge is 0.133 e. The van der Waals surface area contributed by atoms with Crippen LogP contribution in [0.3, 0.4) is 0 Å². The molecule has 4 saturated carbocycles. The number of fused-ring (bicyclic) bond motifs is 5. The molecule has 2 nitrogen and oxygen atoms in total. The SMILES string of the molecule is [2H]C([2H])([2H])C(=O)[C@@]1([2H])CC[C@H]2[C@@H]3CC[C@H]4C[C@]([2H])(O)CC[C@]4(C)[C@H]3CC[C@@]21C. The Balaban J connectivity index is 1.63. The summed E-state index contributed by atoms with van der Waals surface area (Å²) >= 11 is 0. The van der Waals surface area contributed by atoms with Crippen LogP contribution in [0.4, 0.5) is 0 Å². The van der Waals surface area contributed by atoms with Gasteiger partial charge in [0.15, 0.2) is 0 Å². The van der Waals surface area contributed by atoms with Gasteiger partial charge in [0, 0.05) is 11.4 Å². The molecule has 0 heterocycles. The van der Waals surface area contributed by atoms with Gasteiger partial charge in [-0.1, -0.05) is 13.8 Å². The minimum Gasteiger partial charge on any atom is -0.393 e. The molecule has 0 unspecified atom stereocenters. The lowest BCUT2D eigenvalue weighted by Gasteiger charge is -2.60. The number of hydrogen-bond acceptors (Lipinski definition) is 2. The zero-order valence-corrected chi connectivity index (χ0v) is 14.5. The van der Waals surface area contributed by atoms with E-state index in [0.29, 0.717) is 37.0 Å². The lowest BCUT2D eigenvalue weighted by atomic mass is 9.44. The van der Waals surface area contributed by atoms with Crippen molar-refractivity contribution in [2.75, 3.05) is 0 Å². The molecular weight excluding hydrogens is 284 g/mol. The number of ketones is 1. The first-order chi connectivity index (χ1) is 12.7. The van der Waals surface area contributed by atoms with Gasteiger partial charge in [-0.05, 0) is 99.1 Å². The van der Waals surface area contributed by atoms with Crippen LogP contribution in [-0.2, 0) is 4.79 Å². The highest BCUT2D eigenvalue weighted by atomic mass is 16.3. The van der Waals surface area contributed by atoms with Crippen molar-refractivity contribution >= 4 is 5.78 Å². The molecule has 4 fully saturated rings. The lowest BCUT2D eigenvalue weighted by Crippen LogP contribution is -2.54. The minimum absolute atomic E-state index is 0.110. The Hall–Kier alpha value is -0.370. The molecule has 4 aliphatic carbocycles. The van der Waals surface area contributed by atoms with E-state index in [9.17, 15) is 9.90 Å². The molecule has 0 radical (unpaired) electrons. The number of carbonyl (C=O) groups is 1. The highest BCUT2D eigenvalue weighted by Crippen LogP contribution is 2.67. The van der Waals surface area contributed by atoms with Gasteiger partial charge in [-0.2, -0.15) is 0 Å². The van der Waals surface area contributed by atoms with Crippen LogP contribution in [0.5, 0.6) is 0 Å². The zero-order chi connectivity index (χ0) is 20.8. The fraction of sp³-hybridized carbons (Fsp3) is 0.952. The maximum Gasteiger partial charge on any atom is 0.133 e. The molecule has 0 aromatic rings. The summed E-state index contributed by atoms with van der Waals surface area (Å²) in [6.45, 7) is 1.64. The van der Waals surface area contributed by atoms with E-state index in [0.717, 1.165) is 38.5 Å². The molecule has 8 atom stereocenters. The quantitative estimate of drug-likeness (QED) is 0.766. The number of rotatable bonds is 1. The molecule has 4 rings (SSSR count). The average Bonchev–Trinajstić information content (AvgIpc) is 2.86. The van der Waals surface area contributed by atoms with Crippen molar-refractivity contribution in [3.05, 3.63) is 0 Å². The number of carbonyl (C=O) groups excluding carboxylic acids is 1. The van der Waals surface area contributed by atoms with Crippen molar-refractivity contribution < 1.29 is 16.8 Å². The Morgan fingerprint density at radius 1 is 1.04 bits per heavy atom. The van der Waals surface area contributed by atoms with E-state index < -0.39 is 30.0 Å². The van der Waals surface area contributed by atoms with E-state index in [1.54, 1.807) is 0 Å². The Labute approximate surface area is 148 Å². The van der Waals surface area contributed by atoms with Gasteiger partial charge in [0.25, 0.3) is 0 Å². The third-order valence-electron chi connectivity index (χ3n) is 8.56. The van der Waals surface area contributed by atoms with Gasteiger partial charge in [-0.25, -0.2) is 0 Å². The Bertz CT molecular complexity index is 676. The van der Waals surface area contributed by atoms with Gasteiger partial charge in [-0.3, -0.25) is 4.79 Å². The summed E-state index contributed by atoms with van der Waals surface area (Å²) in [5.41, 5.74) is -0.452. The van der Waals surface area contributed by atoms with Crippen molar-refractivity contribution in [2.45, 2.75) is 84.6 Å². The number of hydrogen-bond donors (Lipinski definition) is 1. The van der Waals surface area contributed by atoms with Crippen LogP contribution in [0.25, 0.3) is 0 Å². The third kappa shape index (κ3) is 2.19. The number of aliphatic hydroxyl groups is 1. The summed E-state index contributed by atoms with van der Waals surface area (Å²) in [5, 5.41) is 10.3. The lowest BCUT2D eigenvalue weighted by molar-refractivity contribution is -0.138. The topological polar surface area (TPSA) is 37.3 Å². The van der Waals surface area contributed by atoms with Crippen molar-refractivity contribution in [2.24, 2.45) is 40.4 Å². The molecule has 0 aromatic heterocycles. The molecule has 23 heavy (non-hydrogen) atoms. The maximum absolute atomic E-state index is 12.8. The molecule has 130 valence electrons. The molecular formula is C21H34O2. The van der Waals surface area contributed by atoms with E-state index in [-0.39, 0.29) is 11.3 Å². The van der Waals surface area contributed by atoms with Crippen LogP contribution < -0.4 is 0 Å². The second-order valence-electron chi connectivity index (χ2n) is 9.23. The van der Waals surface area contributed by atoms with Crippen molar-refractivity contribution in [1.82, 2.24) is 0 Å². The van der Waals surface area contributed by atoms with Crippen molar-refractivity contribution in [3.63, 3.8) is 0 Å². The largest absolute Gasteiger partial charge is 0.393 e. The van der Waals surface area contributed by atoms with Gasteiger partial charge in [0.2, 0.25) is 0 Å². The van der Waals surface area contributed by atoms with Crippen LogP contribution >= 0.6 is 0 Å². The summed E-state index contributed by atoms with van der Waals surface area (Å²) < 4.78 is 39.9. The van der Waals surface area contributed by atoms with Gasteiger partial charge >= 0.3 is 0 Å². The van der Waals surface area contributed by atoms with E-state index in [2.05, 4.69) is 6.92 Å². The Morgan fingerprint density at radius 2 is 1.78 bits per heavy atom. The van der Waals surface area contributed by atoms with Gasteiger partial charge in [0.05, 0.1) is 7.45 Å². The minimum atomic E-state index is -2.71. The van der Waals surface area contributed by atoms with Gasteiger partial charge in [-0.15, -0.1) is 0 Å². The molecule has 0 aromatic carbocycles. The summed E-state index contributed by atoms with van der Waals surface area (Å²) in [7, 11) is 0. The summed E-state index contributed by atoms with van der Waals surface area (Å²) in [6.07, 6.45) is 5.43. The highest BCUT2D eigenvalue weighted by Gasteiger charge is 2.60. The second-order valence-corrected chi connectivity index (χ2v) is 9.23. The van der Waals surface area contributed by atoms with Crippen LogP contribution in [0.1, 0.15) is 85.3 Å². The van der Waals surface area contributed by atoms with Crippen LogP contribution in [-0.4, -0.2) is 17.0 Å². The fourth-order valence-electron chi connectivity index (χ4n) is 7.25. The summed E-state index contributed by atoms with van der Waals surface area (Å²) in [5.74, 6) is -0.857. The summed E-state index contributed by atoms with van der Waals surface area (Å²) in [6, 6.07) is 0. The predicted molar refractivity (Wildman–Crippen MR) is 91.9 cm³/mol. The molecule has 0 bridgehead atoms. The number of Topliss-reactive ketones (excluding diaryl/α,β-unsaturated/α-hetero) is 1. The van der Waals surface area contributed by atoms with Crippen LogP contribution in [0, 0.1) is 40.4 Å². The maximum atomic E-state index is 12.8. The molecule has 0 amide bonds. The first-order valence-electron chi connectivity index (χ1n) is 12.0. The second kappa shape index (κ2) is 5.31. The first kappa shape index (κ1) is 11.3. The van der Waals surface area contributed by atoms with Gasteiger partial charge < -0.3 is 5.11 Å². The summed E-state index contributed by atoms with van der Waals surface area (Å²) in [4.78, 5) is 12.8. The fourth-order valence-corrected chi connectivity index (χ4v) is 7.25. The third-order valence-corrected chi connectivity index (χ3v) is 8.56. The highest BCUT2D eigenvalue weighted by molar-refractivity contribution is 5.79. The molecule has 0 spiro atoms. The van der Waals surface area contributed by atoms with Crippen molar-refractivity contribution in [1.29, 1.82) is 0 Å². The van der Waals surface area contributed by atoms with Crippen LogP contribution in [0.2, 0.25) is 0 Å². The monoisotopic (exact) mass is 323 g/mol. The molecule has 2 heteroatoms. The predicted octanol–water partition coefficient (Wildman–Crippen LogP) is 4.60. The molecule has 0 saturated heterocycles. The van der Waals surface area contributed by atoms with E-state index in [1.165, 1.54) is 0 Å². The van der Waals surface area contributed by atoms with E-state index in [1.807, 2.05) is 6.92 Å². The molecule has 4 aliphatic rings. The van der Waals surface area contributed by atoms with E-state index >= 15 is 0 Å². The average molecular weight is 324 g/mol. The Kier molecular flexibility index (Phi) is 2.61. The Morgan fingerprint density at radius 3 is 2.57 bits per heavy atom. The standard InChI is InChI=1S/C21H34O2/c1-13(22)17-6-7-18-16-5-4-14-12-15(23)8-10-20(14,2)19(16)9-11-21(17,18)3/h14-19,23H,4-12H2,1-3H3/t14-,15+,16-,17+,18-,19-,20-,21+/m0/s1/i1D3,15D,17D. The normalized spacial score (nSPS) is 65.8. The first-order valence-corrected chi connectivity index (χ1v) is 9.52. The van der Waals surface area contributed by atoms with E-state index in [4.69, 9.17) is 6.85 Å². The van der Waals surface area contributed by atoms with Crippen molar-refractivity contribution in [3.8, 4) is 0 Å². The van der Waals surface area contributed by atoms with Gasteiger partial charge in [0.1, 0.15) is 5.78 Å². The van der Waals surface area contributed by atoms with Crippen LogP contribution in [0.15, 0.2) is 0 Å². The molecule has 0 aliphatic heterocycles. The molecule has 1 N–H and O–H groups in total. The zero-order valence-electron chi connectivity index (χ0n) is 19.5.